The van der Waals surface area contributed by atoms with Crippen LogP contribution in [0.15, 0.2) is 91.1 Å². The summed E-state index contributed by atoms with van der Waals surface area (Å²) in [5.74, 6) is -0.535. The van der Waals surface area contributed by atoms with Crippen LogP contribution < -0.4 is 5.32 Å². The molecule has 1 atom stereocenters. The molecule has 4 aromatic rings. The number of hydrogen-bond donors (Lipinski definition) is 1. The third-order valence-corrected chi connectivity index (χ3v) is 6.46. The SMILES string of the molecule is O=C(NCc1cn(-c2ccccc2)nc1-c1ccc(F)cc1)C1CCCN1C(=O)Cc1ccccc1. The van der Waals surface area contributed by atoms with Gasteiger partial charge in [0.1, 0.15) is 11.9 Å². The maximum atomic E-state index is 13.5. The van der Waals surface area contributed by atoms with E-state index in [0.29, 0.717) is 18.7 Å². The lowest BCUT2D eigenvalue weighted by molar-refractivity contribution is -0.138. The Balaban J connectivity index is 1.32. The van der Waals surface area contributed by atoms with Gasteiger partial charge < -0.3 is 10.2 Å². The van der Waals surface area contributed by atoms with E-state index in [9.17, 15) is 14.0 Å². The molecule has 5 rings (SSSR count). The fourth-order valence-corrected chi connectivity index (χ4v) is 4.61. The number of benzene rings is 3. The van der Waals surface area contributed by atoms with Gasteiger partial charge in [-0.2, -0.15) is 5.10 Å². The van der Waals surface area contributed by atoms with E-state index in [1.807, 2.05) is 66.9 Å². The van der Waals surface area contributed by atoms with Gasteiger partial charge in [-0.3, -0.25) is 9.59 Å². The lowest BCUT2D eigenvalue weighted by Crippen LogP contribution is -2.46. The minimum absolute atomic E-state index is 0.0391. The summed E-state index contributed by atoms with van der Waals surface area (Å²) in [5.41, 5.74) is 4.05. The second-order valence-electron chi connectivity index (χ2n) is 8.92. The summed E-state index contributed by atoms with van der Waals surface area (Å²) < 4.78 is 15.3. The Bertz CT molecular complexity index is 1340. The first-order valence-electron chi connectivity index (χ1n) is 12.1. The number of amides is 2. The molecule has 1 N–H and O–H groups in total. The highest BCUT2D eigenvalue weighted by Gasteiger charge is 2.33. The lowest BCUT2D eigenvalue weighted by atomic mass is 10.1. The van der Waals surface area contributed by atoms with Crippen molar-refractivity contribution in [2.75, 3.05) is 6.54 Å². The van der Waals surface area contributed by atoms with Crippen LogP contribution in [0.4, 0.5) is 4.39 Å². The van der Waals surface area contributed by atoms with Crippen LogP contribution in [0, 0.1) is 5.82 Å². The number of halogens is 1. The topological polar surface area (TPSA) is 67.2 Å². The first kappa shape index (κ1) is 23.5. The van der Waals surface area contributed by atoms with Crippen molar-refractivity contribution in [2.45, 2.75) is 31.8 Å². The van der Waals surface area contributed by atoms with Gasteiger partial charge in [0.2, 0.25) is 11.8 Å². The van der Waals surface area contributed by atoms with E-state index >= 15 is 0 Å². The van der Waals surface area contributed by atoms with Gasteiger partial charge in [-0.1, -0.05) is 48.5 Å². The fourth-order valence-electron chi connectivity index (χ4n) is 4.61. The van der Waals surface area contributed by atoms with Crippen LogP contribution in [0.2, 0.25) is 0 Å². The summed E-state index contributed by atoms with van der Waals surface area (Å²) in [6.07, 6.45) is 3.59. The number of rotatable bonds is 7. The maximum Gasteiger partial charge on any atom is 0.243 e. The summed E-state index contributed by atoms with van der Waals surface area (Å²) in [6.45, 7) is 0.826. The first-order chi connectivity index (χ1) is 17.6. The van der Waals surface area contributed by atoms with Gasteiger partial charge in [-0.05, 0) is 54.8 Å². The second-order valence-corrected chi connectivity index (χ2v) is 8.92. The number of hydrogen-bond acceptors (Lipinski definition) is 3. The molecule has 0 radical (unpaired) electrons. The molecule has 0 spiro atoms. The normalized spacial score (nSPS) is 15.1. The van der Waals surface area contributed by atoms with E-state index in [2.05, 4.69) is 5.32 Å². The third kappa shape index (κ3) is 5.20. The van der Waals surface area contributed by atoms with E-state index in [-0.39, 0.29) is 30.6 Å². The zero-order valence-electron chi connectivity index (χ0n) is 19.8. The summed E-state index contributed by atoms with van der Waals surface area (Å²) >= 11 is 0. The molecule has 7 heteroatoms. The number of carbonyl (C=O) groups excluding carboxylic acids is 2. The molecule has 1 aromatic heterocycles. The van der Waals surface area contributed by atoms with Crippen molar-refractivity contribution in [3.05, 3.63) is 108 Å². The number of aromatic nitrogens is 2. The van der Waals surface area contributed by atoms with Gasteiger partial charge in [-0.25, -0.2) is 9.07 Å². The quantitative estimate of drug-likeness (QED) is 0.421. The lowest BCUT2D eigenvalue weighted by Gasteiger charge is -2.24. The molecule has 0 aliphatic carbocycles. The van der Waals surface area contributed by atoms with Crippen LogP contribution in [0.5, 0.6) is 0 Å². The molecule has 2 heterocycles. The number of likely N-dealkylation sites (tertiary alicyclic amines) is 1. The molecule has 1 unspecified atom stereocenters. The fraction of sp³-hybridized carbons (Fsp3) is 0.207. The molecule has 182 valence electrons. The van der Waals surface area contributed by atoms with Gasteiger partial charge in [0.15, 0.2) is 0 Å². The van der Waals surface area contributed by atoms with Crippen molar-refractivity contribution < 1.29 is 14.0 Å². The molecule has 0 bridgehead atoms. The Kier molecular flexibility index (Phi) is 6.89. The van der Waals surface area contributed by atoms with Crippen molar-refractivity contribution in [1.82, 2.24) is 20.0 Å². The molecule has 36 heavy (non-hydrogen) atoms. The minimum Gasteiger partial charge on any atom is -0.350 e. The average molecular weight is 483 g/mol. The Morgan fingerprint density at radius 1 is 0.944 bits per heavy atom. The van der Waals surface area contributed by atoms with Gasteiger partial charge in [0, 0.05) is 30.4 Å². The van der Waals surface area contributed by atoms with Crippen LogP contribution in [0.1, 0.15) is 24.0 Å². The summed E-state index contributed by atoms with van der Waals surface area (Å²) in [6, 6.07) is 24.9. The van der Waals surface area contributed by atoms with Gasteiger partial charge in [-0.15, -0.1) is 0 Å². The van der Waals surface area contributed by atoms with Gasteiger partial charge >= 0.3 is 0 Å². The van der Waals surface area contributed by atoms with Gasteiger partial charge in [0.25, 0.3) is 0 Å². The van der Waals surface area contributed by atoms with E-state index in [1.54, 1.807) is 21.7 Å². The van der Waals surface area contributed by atoms with Crippen molar-refractivity contribution in [3.8, 4) is 16.9 Å². The van der Waals surface area contributed by atoms with Crippen molar-refractivity contribution in [2.24, 2.45) is 0 Å². The average Bonchev–Trinajstić information content (AvgIpc) is 3.57. The second kappa shape index (κ2) is 10.6. The molecule has 1 fully saturated rings. The smallest absolute Gasteiger partial charge is 0.243 e. The molecular weight excluding hydrogens is 455 g/mol. The number of para-hydroxylation sites is 1. The van der Waals surface area contributed by atoms with Gasteiger partial charge in [0.05, 0.1) is 17.8 Å². The molecular formula is C29H27FN4O2. The summed E-state index contributed by atoms with van der Waals surface area (Å²) in [5, 5.41) is 7.74. The highest BCUT2D eigenvalue weighted by molar-refractivity contribution is 5.89. The zero-order valence-corrected chi connectivity index (χ0v) is 19.8. The Labute approximate surface area is 209 Å². The predicted molar refractivity (Wildman–Crippen MR) is 136 cm³/mol. The highest BCUT2D eigenvalue weighted by atomic mass is 19.1. The van der Waals surface area contributed by atoms with Crippen molar-refractivity contribution >= 4 is 11.8 Å². The Hall–Kier alpha value is -4.26. The van der Waals surface area contributed by atoms with E-state index in [1.165, 1.54) is 12.1 Å². The summed E-state index contributed by atoms with van der Waals surface area (Å²) in [7, 11) is 0. The zero-order chi connectivity index (χ0) is 24.9. The summed E-state index contributed by atoms with van der Waals surface area (Å²) in [4.78, 5) is 27.8. The van der Waals surface area contributed by atoms with E-state index in [4.69, 9.17) is 5.10 Å². The van der Waals surface area contributed by atoms with Crippen LogP contribution in [-0.4, -0.2) is 39.1 Å². The van der Waals surface area contributed by atoms with Crippen LogP contribution in [0.25, 0.3) is 16.9 Å². The van der Waals surface area contributed by atoms with Crippen molar-refractivity contribution in [3.63, 3.8) is 0 Å². The molecule has 1 aliphatic heterocycles. The Morgan fingerprint density at radius 3 is 2.36 bits per heavy atom. The van der Waals surface area contributed by atoms with Crippen LogP contribution in [0.3, 0.4) is 0 Å². The molecule has 1 saturated heterocycles. The number of carbonyl (C=O) groups is 2. The highest BCUT2D eigenvalue weighted by Crippen LogP contribution is 2.25. The molecule has 2 amide bonds. The minimum atomic E-state index is -0.486. The van der Waals surface area contributed by atoms with E-state index in [0.717, 1.165) is 28.8 Å². The molecule has 6 nitrogen and oxygen atoms in total. The number of nitrogens with zero attached hydrogens (tertiary/aromatic N) is 3. The van der Waals surface area contributed by atoms with Crippen molar-refractivity contribution in [1.29, 1.82) is 0 Å². The van der Waals surface area contributed by atoms with Crippen LogP contribution >= 0.6 is 0 Å². The standard InChI is InChI=1S/C29H27FN4O2/c30-24-15-13-22(14-16-24)28-23(20-34(32-28)25-10-5-2-6-11-25)19-31-29(36)26-12-7-17-33(26)27(35)18-21-8-3-1-4-9-21/h1-6,8-11,13-16,20,26H,7,12,17-19H2,(H,31,36). The molecule has 0 saturated carbocycles. The third-order valence-electron chi connectivity index (χ3n) is 6.46. The molecule has 3 aromatic carbocycles. The Morgan fingerprint density at radius 2 is 1.64 bits per heavy atom. The largest absolute Gasteiger partial charge is 0.350 e. The maximum absolute atomic E-state index is 13.5. The van der Waals surface area contributed by atoms with E-state index < -0.39 is 6.04 Å². The number of nitrogens with one attached hydrogen (secondary N) is 1. The predicted octanol–water partition coefficient (Wildman–Crippen LogP) is 4.53. The van der Waals surface area contributed by atoms with Crippen LogP contribution in [-0.2, 0) is 22.6 Å². The first-order valence-corrected chi connectivity index (χ1v) is 12.1. The molecule has 1 aliphatic rings. The monoisotopic (exact) mass is 482 g/mol.